The van der Waals surface area contributed by atoms with Crippen molar-refractivity contribution in [1.29, 1.82) is 0 Å². The first-order chi connectivity index (χ1) is 17.1. The summed E-state index contributed by atoms with van der Waals surface area (Å²) in [4.78, 5) is 16.0. The van der Waals surface area contributed by atoms with E-state index in [0.717, 1.165) is 42.7 Å². The van der Waals surface area contributed by atoms with Crippen LogP contribution in [0, 0.1) is 0 Å². The molecular weight excluding hydrogens is 452 g/mol. The van der Waals surface area contributed by atoms with E-state index < -0.39 is 0 Å². The third kappa shape index (κ3) is 3.79. The summed E-state index contributed by atoms with van der Waals surface area (Å²) in [6.07, 6.45) is 4.96. The van der Waals surface area contributed by atoms with Crippen LogP contribution in [0.4, 0.5) is 0 Å². The third-order valence-corrected chi connectivity index (χ3v) is 7.94. The molecule has 0 saturated carbocycles. The summed E-state index contributed by atoms with van der Waals surface area (Å²) >= 11 is 6.11. The SMILES string of the molecule is Cn1c(-c2ccccc2)c(C2C3=C(CCCC3)C(=O)N2CCc2ccc(Cl)cc2)c2ccccc21. The van der Waals surface area contributed by atoms with E-state index in [0.29, 0.717) is 6.54 Å². The van der Waals surface area contributed by atoms with Crippen molar-refractivity contribution in [3.05, 3.63) is 106 Å². The topological polar surface area (TPSA) is 25.2 Å². The quantitative estimate of drug-likeness (QED) is 0.290. The van der Waals surface area contributed by atoms with E-state index in [1.165, 1.54) is 38.9 Å². The smallest absolute Gasteiger partial charge is 0.250 e. The molecule has 35 heavy (non-hydrogen) atoms. The van der Waals surface area contributed by atoms with Crippen molar-refractivity contribution < 1.29 is 4.79 Å². The van der Waals surface area contributed by atoms with Crippen molar-refractivity contribution >= 4 is 28.4 Å². The van der Waals surface area contributed by atoms with Crippen molar-refractivity contribution in [2.45, 2.75) is 38.1 Å². The summed E-state index contributed by atoms with van der Waals surface area (Å²) in [6.45, 7) is 0.690. The fourth-order valence-electron chi connectivity index (χ4n) is 6.06. The van der Waals surface area contributed by atoms with Gasteiger partial charge in [0.1, 0.15) is 0 Å². The van der Waals surface area contributed by atoms with Gasteiger partial charge in [-0.1, -0.05) is 72.3 Å². The zero-order valence-electron chi connectivity index (χ0n) is 20.0. The van der Waals surface area contributed by atoms with Crippen molar-refractivity contribution in [3.8, 4) is 11.3 Å². The van der Waals surface area contributed by atoms with E-state index in [-0.39, 0.29) is 11.9 Å². The maximum atomic E-state index is 13.8. The Kier molecular flexibility index (Phi) is 5.74. The Morgan fingerprint density at radius 2 is 1.60 bits per heavy atom. The second-order valence-electron chi connectivity index (χ2n) is 9.69. The number of nitrogens with zero attached hydrogens (tertiary/aromatic N) is 2. The predicted octanol–water partition coefficient (Wildman–Crippen LogP) is 7.50. The van der Waals surface area contributed by atoms with Gasteiger partial charge in [-0.15, -0.1) is 0 Å². The zero-order chi connectivity index (χ0) is 23.9. The Morgan fingerprint density at radius 3 is 2.40 bits per heavy atom. The molecule has 1 unspecified atom stereocenters. The molecule has 0 spiro atoms. The van der Waals surface area contributed by atoms with Gasteiger partial charge in [0.05, 0.1) is 11.7 Å². The fourth-order valence-corrected chi connectivity index (χ4v) is 6.19. The van der Waals surface area contributed by atoms with E-state index in [1.807, 2.05) is 12.1 Å². The lowest BCUT2D eigenvalue weighted by atomic mass is 9.86. The van der Waals surface area contributed by atoms with Crippen LogP contribution in [0.3, 0.4) is 0 Å². The highest BCUT2D eigenvalue weighted by molar-refractivity contribution is 6.30. The number of hydrogen-bond acceptors (Lipinski definition) is 1. The standard InChI is InChI=1S/C31H29ClN2O/c1-33-27-14-8-7-13-26(27)28(29(33)22-9-3-2-4-10-22)30-24-11-5-6-12-25(24)31(35)34(30)20-19-21-15-17-23(32)18-16-21/h2-4,7-10,13-18,30H,5-6,11-12,19-20H2,1H3. The number of aryl methyl sites for hydroxylation is 1. The first-order valence-corrected chi connectivity index (χ1v) is 12.9. The van der Waals surface area contributed by atoms with Crippen LogP contribution in [-0.2, 0) is 18.3 Å². The van der Waals surface area contributed by atoms with Crippen molar-refractivity contribution in [2.75, 3.05) is 6.54 Å². The van der Waals surface area contributed by atoms with Crippen LogP contribution in [0.15, 0.2) is 90.0 Å². The lowest BCUT2D eigenvalue weighted by Crippen LogP contribution is -2.32. The second-order valence-corrected chi connectivity index (χ2v) is 10.1. The third-order valence-electron chi connectivity index (χ3n) is 7.69. The number of rotatable bonds is 5. The molecule has 1 atom stereocenters. The molecule has 0 bridgehead atoms. The van der Waals surface area contributed by atoms with Gasteiger partial charge in [-0.3, -0.25) is 4.79 Å². The second kappa shape index (κ2) is 9.05. The van der Waals surface area contributed by atoms with E-state index in [4.69, 9.17) is 11.6 Å². The van der Waals surface area contributed by atoms with Crippen LogP contribution >= 0.6 is 11.6 Å². The summed E-state index contributed by atoms with van der Waals surface area (Å²) in [5.41, 5.74) is 8.47. The lowest BCUT2D eigenvalue weighted by molar-refractivity contribution is -0.127. The summed E-state index contributed by atoms with van der Waals surface area (Å²) < 4.78 is 2.31. The minimum absolute atomic E-state index is 0.0218. The molecule has 6 rings (SSSR count). The highest BCUT2D eigenvalue weighted by Crippen LogP contribution is 2.49. The number of amides is 1. The molecule has 1 amide bonds. The van der Waals surface area contributed by atoms with E-state index in [1.54, 1.807) is 0 Å². The highest BCUT2D eigenvalue weighted by atomic mass is 35.5. The number of carbonyl (C=O) groups excluding carboxylic acids is 1. The molecule has 0 N–H and O–H groups in total. The molecule has 4 heteroatoms. The average Bonchev–Trinajstić information content (AvgIpc) is 3.35. The van der Waals surface area contributed by atoms with Gasteiger partial charge in [0.25, 0.3) is 5.91 Å². The maximum absolute atomic E-state index is 13.8. The molecule has 1 aliphatic heterocycles. The van der Waals surface area contributed by atoms with Crippen molar-refractivity contribution in [2.24, 2.45) is 7.05 Å². The molecule has 2 aliphatic rings. The molecule has 0 saturated heterocycles. The number of hydrogen-bond donors (Lipinski definition) is 0. The molecule has 176 valence electrons. The van der Waals surface area contributed by atoms with Gasteiger partial charge in [0.15, 0.2) is 0 Å². The first kappa shape index (κ1) is 22.2. The van der Waals surface area contributed by atoms with Gasteiger partial charge < -0.3 is 9.47 Å². The summed E-state index contributed by atoms with van der Waals surface area (Å²) in [7, 11) is 2.15. The predicted molar refractivity (Wildman–Crippen MR) is 143 cm³/mol. The average molecular weight is 481 g/mol. The Hall–Kier alpha value is -3.30. The number of para-hydroxylation sites is 1. The van der Waals surface area contributed by atoms with Crippen LogP contribution < -0.4 is 0 Å². The number of aromatic nitrogens is 1. The summed E-state index contributed by atoms with van der Waals surface area (Å²) in [5.74, 6) is 0.227. The van der Waals surface area contributed by atoms with Gasteiger partial charge >= 0.3 is 0 Å². The Bertz CT molecular complexity index is 1430. The molecule has 1 aliphatic carbocycles. The molecule has 2 heterocycles. The Labute approximate surface area is 211 Å². The normalized spacial score (nSPS) is 17.9. The lowest BCUT2D eigenvalue weighted by Gasteiger charge is -2.29. The van der Waals surface area contributed by atoms with Gasteiger partial charge in [-0.25, -0.2) is 0 Å². The first-order valence-electron chi connectivity index (χ1n) is 12.5. The highest BCUT2D eigenvalue weighted by Gasteiger charge is 2.42. The maximum Gasteiger partial charge on any atom is 0.250 e. The number of benzene rings is 3. The molecule has 3 nitrogen and oxygen atoms in total. The fraction of sp³-hybridized carbons (Fsp3) is 0.258. The molecule has 1 aromatic heterocycles. The minimum atomic E-state index is -0.0218. The van der Waals surface area contributed by atoms with Crippen LogP contribution in [0.1, 0.15) is 42.9 Å². The zero-order valence-corrected chi connectivity index (χ0v) is 20.8. The molecule has 4 aromatic rings. The van der Waals surface area contributed by atoms with Crippen molar-refractivity contribution in [1.82, 2.24) is 9.47 Å². The van der Waals surface area contributed by atoms with Gasteiger partial charge in [-0.05, 0) is 67.0 Å². The van der Waals surface area contributed by atoms with Gasteiger partial charge in [0.2, 0.25) is 0 Å². The van der Waals surface area contributed by atoms with E-state index in [2.05, 4.69) is 83.2 Å². The molecule has 0 radical (unpaired) electrons. The van der Waals surface area contributed by atoms with Gasteiger partial charge in [-0.2, -0.15) is 0 Å². The largest absolute Gasteiger partial charge is 0.343 e. The number of halogens is 1. The Balaban J connectivity index is 1.51. The van der Waals surface area contributed by atoms with Crippen LogP contribution in [-0.4, -0.2) is 21.9 Å². The molecular formula is C31H29ClN2O. The summed E-state index contributed by atoms with van der Waals surface area (Å²) in [5, 5.41) is 1.98. The van der Waals surface area contributed by atoms with Gasteiger partial charge in [0, 0.05) is 40.7 Å². The molecule has 0 fully saturated rings. The Morgan fingerprint density at radius 1 is 0.886 bits per heavy atom. The molecule has 3 aromatic carbocycles. The van der Waals surface area contributed by atoms with E-state index >= 15 is 0 Å². The van der Waals surface area contributed by atoms with E-state index in [9.17, 15) is 4.79 Å². The summed E-state index contributed by atoms with van der Waals surface area (Å²) in [6, 6.07) is 27.2. The number of fused-ring (bicyclic) bond motifs is 1. The van der Waals surface area contributed by atoms with Crippen LogP contribution in [0.5, 0.6) is 0 Å². The number of carbonyl (C=O) groups is 1. The minimum Gasteiger partial charge on any atom is -0.343 e. The van der Waals surface area contributed by atoms with Crippen LogP contribution in [0.2, 0.25) is 5.02 Å². The van der Waals surface area contributed by atoms with Crippen molar-refractivity contribution in [3.63, 3.8) is 0 Å². The monoisotopic (exact) mass is 480 g/mol. The van der Waals surface area contributed by atoms with Crippen LogP contribution in [0.25, 0.3) is 22.2 Å².